The molecule has 1 aromatic rings. The molecule has 2 atom stereocenters. The molecule has 1 aromatic carbocycles. The summed E-state index contributed by atoms with van der Waals surface area (Å²) >= 11 is 0. The lowest BCUT2D eigenvalue weighted by atomic mass is 9.99. The van der Waals surface area contributed by atoms with E-state index in [4.69, 9.17) is 14.6 Å². The predicted octanol–water partition coefficient (Wildman–Crippen LogP) is 0.666. The summed E-state index contributed by atoms with van der Waals surface area (Å²) in [5.74, 6) is 1.43. The first-order chi connectivity index (χ1) is 9.19. The molecule has 0 aromatic heterocycles. The second-order valence-corrected chi connectivity index (χ2v) is 5.10. The van der Waals surface area contributed by atoms with Crippen LogP contribution >= 0.6 is 0 Å². The molecule has 0 bridgehead atoms. The van der Waals surface area contributed by atoms with Crippen molar-refractivity contribution in [2.75, 3.05) is 19.7 Å². The summed E-state index contributed by atoms with van der Waals surface area (Å²) in [5.41, 5.74) is 0. The summed E-state index contributed by atoms with van der Waals surface area (Å²) in [7, 11) is 0. The number of para-hydroxylation sites is 2. The fourth-order valence-electron chi connectivity index (χ4n) is 2.44. The Balaban J connectivity index is 1.71. The number of ether oxygens (including phenoxy) is 2. The van der Waals surface area contributed by atoms with Crippen molar-refractivity contribution >= 4 is 5.91 Å². The zero-order valence-electron chi connectivity index (χ0n) is 10.8. The Hall–Kier alpha value is -1.75. The van der Waals surface area contributed by atoms with Crippen LogP contribution < -0.4 is 9.47 Å². The number of fused-ring (bicyclic) bond motifs is 1. The molecule has 19 heavy (non-hydrogen) atoms. The maximum atomic E-state index is 12.3. The highest BCUT2D eigenvalue weighted by molar-refractivity contribution is 5.83. The van der Waals surface area contributed by atoms with Crippen molar-refractivity contribution in [3.05, 3.63) is 24.3 Å². The third-order valence-electron chi connectivity index (χ3n) is 3.61. The molecule has 1 amide bonds. The van der Waals surface area contributed by atoms with Crippen molar-refractivity contribution in [2.24, 2.45) is 5.92 Å². The summed E-state index contributed by atoms with van der Waals surface area (Å²) in [5, 5.41) is 8.98. The van der Waals surface area contributed by atoms with E-state index in [-0.39, 0.29) is 24.5 Å². The Morgan fingerprint density at radius 3 is 2.58 bits per heavy atom. The molecule has 2 heterocycles. The minimum absolute atomic E-state index is 0.0632. The number of carbonyl (C=O) groups excluding carboxylic acids is 1. The van der Waals surface area contributed by atoms with Crippen LogP contribution in [-0.4, -0.2) is 47.8 Å². The molecule has 0 aliphatic carbocycles. The molecule has 5 heteroatoms. The number of carbonyl (C=O) groups is 1. The lowest BCUT2D eigenvalue weighted by molar-refractivity contribution is -0.151. The van der Waals surface area contributed by atoms with Crippen molar-refractivity contribution in [1.82, 2.24) is 4.90 Å². The number of hydrogen-bond acceptors (Lipinski definition) is 4. The molecular formula is C14H17NO4. The van der Waals surface area contributed by atoms with Crippen LogP contribution in [0.4, 0.5) is 0 Å². The average molecular weight is 263 g/mol. The predicted molar refractivity (Wildman–Crippen MR) is 68.1 cm³/mol. The molecule has 2 aliphatic heterocycles. The van der Waals surface area contributed by atoms with E-state index in [0.29, 0.717) is 24.6 Å². The highest BCUT2D eigenvalue weighted by atomic mass is 16.6. The molecular weight excluding hydrogens is 246 g/mol. The first-order valence-corrected chi connectivity index (χ1v) is 6.51. The SMILES string of the molecule is CC1Oc2ccccc2OC1C(=O)N1CC(CO)C1. The molecule has 102 valence electrons. The highest BCUT2D eigenvalue weighted by Crippen LogP contribution is 2.34. The first-order valence-electron chi connectivity index (χ1n) is 6.51. The third kappa shape index (κ3) is 2.14. The molecule has 0 radical (unpaired) electrons. The van der Waals surface area contributed by atoms with Crippen LogP contribution in [0.5, 0.6) is 11.5 Å². The fourth-order valence-corrected chi connectivity index (χ4v) is 2.44. The van der Waals surface area contributed by atoms with Crippen LogP contribution in [0.2, 0.25) is 0 Å². The van der Waals surface area contributed by atoms with E-state index < -0.39 is 6.10 Å². The maximum absolute atomic E-state index is 12.3. The van der Waals surface area contributed by atoms with Crippen LogP contribution in [-0.2, 0) is 4.79 Å². The van der Waals surface area contributed by atoms with Gasteiger partial charge in [-0.25, -0.2) is 0 Å². The molecule has 5 nitrogen and oxygen atoms in total. The van der Waals surface area contributed by atoms with Gasteiger partial charge in [0.2, 0.25) is 6.10 Å². The zero-order valence-corrected chi connectivity index (χ0v) is 10.8. The molecule has 2 unspecified atom stereocenters. The van der Waals surface area contributed by atoms with Gasteiger partial charge in [0.25, 0.3) is 5.91 Å². The van der Waals surface area contributed by atoms with E-state index in [2.05, 4.69) is 0 Å². The van der Waals surface area contributed by atoms with Gasteiger partial charge in [-0.1, -0.05) is 12.1 Å². The number of aliphatic hydroxyl groups is 1. The largest absolute Gasteiger partial charge is 0.482 e. The van der Waals surface area contributed by atoms with Gasteiger partial charge in [-0.2, -0.15) is 0 Å². The molecule has 3 rings (SSSR count). The van der Waals surface area contributed by atoms with E-state index in [1.54, 1.807) is 11.0 Å². The smallest absolute Gasteiger partial charge is 0.267 e. The second kappa shape index (κ2) is 4.74. The molecule has 0 spiro atoms. The van der Waals surface area contributed by atoms with Gasteiger partial charge in [0, 0.05) is 25.6 Å². The van der Waals surface area contributed by atoms with Crippen LogP contribution in [0.15, 0.2) is 24.3 Å². The van der Waals surface area contributed by atoms with Crippen LogP contribution in [0.1, 0.15) is 6.92 Å². The Bertz CT molecular complexity index is 484. The highest BCUT2D eigenvalue weighted by Gasteiger charge is 2.40. The van der Waals surface area contributed by atoms with Gasteiger partial charge in [-0.15, -0.1) is 0 Å². The van der Waals surface area contributed by atoms with E-state index >= 15 is 0 Å². The van der Waals surface area contributed by atoms with Crippen LogP contribution in [0.25, 0.3) is 0 Å². The first kappa shape index (κ1) is 12.3. The zero-order chi connectivity index (χ0) is 13.4. The minimum atomic E-state index is -0.602. The van der Waals surface area contributed by atoms with E-state index in [1.165, 1.54) is 0 Å². The van der Waals surface area contributed by atoms with Gasteiger partial charge in [-0.3, -0.25) is 4.79 Å². The summed E-state index contributed by atoms with van der Waals surface area (Å²) < 4.78 is 11.5. The van der Waals surface area contributed by atoms with Gasteiger partial charge < -0.3 is 19.5 Å². The van der Waals surface area contributed by atoms with E-state index in [0.717, 1.165) is 0 Å². The van der Waals surface area contributed by atoms with E-state index in [1.807, 2.05) is 25.1 Å². The average Bonchev–Trinajstić information content (AvgIpc) is 2.36. The molecule has 2 aliphatic rings. The van der Waals surface area contributed by atoms with Crippen LogP contribution in [0, 0.1) is 5.92 Å². The normalized spacial score (nSPS) is 25.9. The number of benzene rings is 1. The van der Waals surface area contributed by atoms with Gasteiger partial charge in [-0.05, 0) is 19.1 Å². The molecule has 0 saturated carbocycles. The van der Waals surface area contributed by atoms with Crippen molar-refractivity contribution in [3.63, 3.8) is 0 Å². The number of amides is 1. The third-order valence-corrected chi connectivity index (χ3v) is 3.61. The number of rotatable bonds is 2. The van der Waals surface area contributed by atoms with Gasteiger partial charge >= 0.3 is 0 Å². The Kier molecular flexibility index (Phi) is 3.06. The van der Waals surface area contributed by atoms with Crippen molar-refractivity contribution in [2.45, 2.75) is 19.1 Å². The quantitative estimate of drug-likeness (QED) is 0.852. The number of aliphatic hydroxyl groups excluding tert-OH is 1. The van der Waals surface area contributed by atoms with Gasteiger partial charge in [0.1, 0.15) is 6.10 Å². The lowest BCUT2D eigenvalue weighted by Gasteiger charge is -2.42. The summed E-state index contributed by atoms with van der Waals surface area (Å²) in [4.78, 5) is 14.0. The topological polar surface area (TPSA) is 59.0 Å². The molecule has 1 N–H and O–H groups in total. The van der Waals surface area contributed by atoms with Crippen molar-refractivity contribution in [1.29, 1.82) is 0 Å². The Morgan fingerprint density at radius 2 is 1.95 bits per heavy atom. The Labute approximate surface area is 111 Å². The summed E-state index contributed by atoms with van der Waals surface area (Å²) in [6.45, 7) is 3.17. The molecule has 1 fully saturated rings. The minimum Gasteiger partial charge on any atom is -0.482 e. The van der Waals surface area contributed by atoms with Gasteiger partial charge in [0.05, 0.1) is 0 Å². The van der Waals surface area contributed by atoms with Crippen molar-refractivity contribution in [3.8, 4) is 11.5 Å². The van der Waals surface area contributed by atoms with Crippen molar-refractivity contribution < 1.29 is 19.4 Å². The number of hydrogen-bond donors (Lipinski definition) is 1. The monoisotopic (exact) mass is 263 g/mol. The van der Waals surface area contributed by atoms with E-state index in [9.17, 15) is 4.79 Å². The number of nitrogens with zero attached hydrogens (tertiary/aromatic N) is 1. The number of likely N-dealkylation sites (tertiary alicyclic amines) is 1. The lowest BCUT2D eigenvalue weighted by Crippen LogP contribution is -2.58. The molecule has 1 saturated heterocycles. The standard InChI is InChI=1S/C14H17NO4/c1-9-13(14(17)15-6-10(7-15)8-16)19-12-5-3-2-4-11(12)18-9/h2-5,9-10,13,16H,6-8H2,1H3. The summed E-state index contributed by atoms with van der Waals surface area (Å²) in [6, 6.07) is 7.36. The van der Waals surface area contributed by atoms with Crippen LogP contribution in [0.3, 0.4) is 0 Å². The Morgan fingerprint density at radius 1 is 1.32 bits per heavy atom. The fraction of sp³-hybridized carbons (Fsp3) is 0.500. The van der Waals surface area contributed by atoms with Gasteiger partial charge in [0.15, 0.2) is 11.5 Å². The summed E-state index contributed by atoms with van der Waals surface area (Å²) in [6.07, 6.45) is -0.912. The maximum Gasteiger partial charge on any atom is 0.267 e. The second-order valence-electron chi connectivity index (χ2n) is 5.10.